The fraction of sp³-hybridized carbons (Fsp3) is 0.0227. The summed E-state index contributed by atoms with van der Waals surface area (Å²) < 4.78 is 0. The van der Waals surface area contributed by atoms with E-state index in [1.165, 1.54) is 33.2 Å². The van der Waals surface area contributed by atoms with Gasteiger partial charge in [-0.25, -0.2) is 15.0 Å². The zero-order valence-corrected chi connectivity index (χ0v) is 25.6. The third-order valence-electron chi connectivity index (χ3n) is 9.40. The summed E-state index contributed by atoms with van der Waals surface area (Å²) in [5.74, 6) is 1.96. The second-order valence-electron chi connectivity index (χ2n) is 12.0. The van der Waals surface area contributed by atoms with Crippen LogP contribution in [-0.2, 0) is 5.41 Å². The predicted octanol–water partition coefficient (Wildman–Crippen LogP) is 10.4. The molecule has 0 bridgehead atoms. The average molecular weight is 600 g/mol. The molecule has 0 aliphatic heterocycles. The minimum absolute atomic E-state index is 0.499. The molecule has 0 unspecified atom stereocenters. The van der Waals surface area contributed by atoms with Crippen LogP contribution in [0.3, 0.4) is 0 Å². The lowest BCUT2D eigenvalue weighted by molar-refractivity contribution is 0.768. The smallest absolute Gasteiger partial charge is 0.164 e. The molecule has 220 valence electrons. The number of rotatable bonds is 5. The number of hydrogen-bond donors (Lipinski definition) is 0. The number of aromatic nitrogens is 3. The first kappa shape index (κ1) is 27.1. The van der Waals surface area contributed by atoms with Crippen LogP contribution in [-0.4, -0.2) is 15.0 Å². The van der Waals surface area contributed by atoms with Crippen LogP contribution in [0.15, 0.2) is 176 Å². The minimum Gasteiger partial charge on any atom is -0.208 e. The SMILES string of the molecule is c1ccc(-c2nc(-c3ccc4ccccc4c3)nc(-c3cccc4c3-c3ccccc3C4(c3ccccc3)c3ccccc3)n2)cc1. The van der Waals surface area contributed by atoms with Gasteiger partial charge < -0.3 is 0 Å². The molecule has 7 aromatic carbocycles. The molecule has 3 nitrogen and oxygen atoms in total. The number of hydrogen-bond acceptors (Lipinski definition) is 3. The third kappa shape index (κ3) is 4.32. The largest absolute Gasteiger partial charge is 0.208 e. The van der Waals surface area contributed by atoms with E-state index in [-0.39, 0.29) is 0 Å². The van der Waals surface area contributed by atoms with Gasteiger partial charge in [0.1, 0.15) is 0 Å². The predicted molar refractivity (Wildman–Crippen MR) is 191 cm³/mol. The van der Waals surface area contributed by atoms with Crippen molar-refractivity contribution in [1.82, 2.24) is 15.0 Å². The zero-order valence-electron chi connectivity index (χ0n) is 25.6. The maximum atomic E-state index is 5.23. The van der Waals surface area contributed by atoms with Crippen LogP contribution in [0.4, 0.5) is 0 Å². The van der Waals surface area contributed by atoms with E-state index < -0.39 is 5.41 Å². The third-order valence-corrected chi connectivity index (χ3v) is 9.40. The lowest BCUT2D eigenvalue weighted by Crippen LogP contribution is -2.28. The number of benzene rings is 7. The first-order valence-electron chi connectivity index (χ1n) is 16.0. The van der Waals surface area contributed by atoms with Crippen molar-refractivity contribution in [2.45, 2.75) is 5.41 Å². The van der Waals surface area contributed by atoms with Gasteiger partial charge in [0.05, 0.1) is 5.41 Å². The summed E-state index contributed by atoms with van der Waals surface area (Å²) in [5, 5.41) is 2.34. The number of fused-ring (bicyclic) bond motifs is 4. The Labute approximate surface area is 273 Å². The molecule has 0 radical (unpaired) electrons. The molecule has 3 heteroatoms. The molecule has 0 amide bonds. The van der Waals surface area contributed by atoms with Gasteiger partial charge in [0.15, 0.2) is 17.5 Å². The van der Waals surface area contributed by atoms with E-state index in [0.717, 1.165) is 27.6 Å². The average Bonchev–Trinajstić information content (AvgIpc) is 3.47. The summed E-state index contributed by atoms with van der Waals surface area (Å²) >= 11 is 0. The van der Waals surface area contributed by atoms with Crippen LogP contribution in [0.1, 0.15) is 22.3 Å². The maximum Gasteiger partial charge on any atom is 0.164 e. The number of nitrogens with zero attached hydrogens (tertiary/aromatic N) is 3. The van der Waals surface area contributed by atoms with E-state index in [0.29, 0.717) is 17.5 Å². The lowest BCUT2D eigenvalue weighted by Gasteiger charge is -2.33. The van der Waals surface area contributed by atoms with Gasteiger partial charge in [0.2, 0.25) is 0 Å². The van der Waals surface area contributed by atoms with E-state index in [1.54, 1.807) is 0 Å². The summed E-state index contributed by atoms with van der Waals surface area (Å²) in [6, 6.07) is 62.1. The molecule has 8 aromatic rings. The molecule has 1 heterocycles. The van der Waals surface area contributed by atoms with E-state index >= 15 is 0 Å². The molecule has 0 fully saturated rings. The van der Waals surface area contributed by atoms with Crippen molar-refractivity contribution < 1.29 is 0 Å². The van der Waals surface area contributed by atoms with Gasteiger partial charge in [-0.2, -0.15) is 0 Å². The fourth-order valence-electron chi connectivity index (χ4n) is 7.35. The van der Waals surface area contributed by atoms with Gasteiger partial charge in [0.25, 0.3) is 0 Å². The second kappa shape index (κ2) is 11.0. The van der Waals surface area contributed by atoms with Crippen molar-refractivity contribution >= 4 is 10.8 Å². The maximum absolute atomic E-state index is 5.23. The Morgan fingerprint density at radius 1 is 0.340 bits per heavy atom. The Morgan fingerprint density at radius 3 is 1.60 bits per heavy atom. The van der Waals surface area contributed by atoms with Crippen LogP contribution in [0.5, 0.6) is 0 Å². The lowest BCUT2D eigenvalue weighted by atomic mass is 9.67. The minimum atomic E-state index is -0.499. The zero-order chi connectivity index (χ0) is 31.2. The summed E-state index contributed by atoms with van der Waals surface area (Å²) in [7, 11) is 0. The van der Waals surface area contributed by atoms with Gasteiger partial charge in [-0.3, -0.25) is 0 Å². The Kier molecular flexibility index (Phi) is 6.36. The van der Waals surface area contributed by atoms with Crippen molar-refractivity contribution in [2.75, 3.05) is 0 Å². The second-order valence-corrected chi connectivity index (χ2v) is 12.0. The highest BCUT2D eigenvalue weighted by atomic mass is 15.0. The van der Waals surface area contributed by atoms with Crippen molar-refractivity contribution in [3.05, 3.63) is 198 Å². The molecule has 9 rings (SSSR count). The van der Waals surface area contributed by atoms with Gasteiger partial charge in [-0.15, -0.1) is 0 Å². The van der Waals surface area contributed by atoms with Crippen LogP contribution in [0.2, 0.25) is 0 Å². The Bertz CT molecular complexity index is 2360. The van der Waals surface area contributed by atoms with Crippen molar-refractivity contribution in [1.29, 1.82) is 0 Å². The van der Waals surface area contributed by atoms with Gasteiger partial charge in [-0.1, -0.05) is 170 Å². The Balaban J connectivity index is 1.34. The standard InChI is InChI=1S/C44H29N3/c1-4-16-31(17-5-1)41-45-42(33-28-27-30-15-10-11-18-32(30)29-33)47-43(46-41)37-24-14-26-39-40(37)36-23-12-13-25-38(36)44(39,34-19-6-2-7-20-34)35-21-8-3-9-22-35/h1-29H. The molecule has 1 aromatic heterocycles. The van der Waals surface area contributed by atoms with E-state index in [1.807, 2.05) is 18.2 Å². The van der Waals surface area contributed by atoms with Crippen molar-refractivity contribution in [2.24, 2.45) is 0 Å². The summed E-state index contributed by atoms with van der Waals surface area (Å²) in [5.41, 5.74) is 9.69. The fourth-order valence-corrected chi connectivity index (χ4v) is 7.35. The van der Waals surface area contributed by atoms with E-state index in [4.69, 9.17) is 15.0 Å². The molecule has 1 aliphatic rings. The molecule has 0 spiro atoms. The van der Waals surface area contributed by atoms with Crippen molar-refractivity contribution in [3.63, 3.8) is 0 Å². The van der Waals surface area contributed by atoms with Crippen LogP contribution in [0.25, 0.3) is 56.1 Å². The molecular formula is C44H29N3. The quantitative estimate of drug-likeness (QED) is 0.198. The van der Waals surface area contributed by atoms with Gasteiger partial charge >= 0.3 is 0 Å². The molecule has 1 aliphatic carbocycles. The first-order chi connectivity index (χ1) is 23.3. The van der Waals surface area contributed by atoms with Gasteiger partial charge in [0, 0.05) is 16.7 Å². The Hall–Kier alpha value is -6.19. The van der Waals surface area contributed by atoms with Crippen LogP contribution in [0, 0.1) is 0 Å². The first-order valence-corrected chi connectivity index (χ1v) is 16.0. The molecule has 0 N–H and O–H groups in total. The molecule has 0 atom stereocenters. The van der Waals surface area contributed by atoms with Crippen LogP contribution >= 0.6 is 0 Å². The molecule has 47 heavy (non-hydrogen) atoms. The summed E-state index contributed by atoms with van der Waals surface area (Å²) in [4.78, 5) is 15.5. The highest BCUT2D eigenvalue weighted by Crippen LogP contribution is 2.58. The molecule has 0 saturated carbocycles. The highest BCUT2D eigenvalue weighted by molar-refractivity contribution is 5.94. The monoisotopic (exact) mass is 599 g/mol. The van der Waals surface area contributed by atoms with Crippen LogP contribution < -0.4 is 0 Å². The normalized spacial score (nSPS) is 12.9. The van der Waals surface area contributed by atoms with Gasteiger partial charge in [-0.05, 0) is 50.2 Å². The van der Waals surface area contributed by atoms with Crippen molar-refractivity contribution in [3.8, 4) is 45.3 Å². The highest BCUT2D eigenvalue weighted by Gasteiger charge is 2.46. The molecule has 0 saturated heterocycles. The topological polar surface area (TPSA) is 38.7 Å². The summed E-state index contributed by atoms with van der Waals surface area (Å²) in [6.07, 6.45) is 0. The van der Waals surface area contributed by atoms with E-state index in [2.05, 4.69) is 158 Å². The Morgan fingerprint density at radius 2 is 0.872 bits per heavy atom. The molecular weight excluding hydrogens is 571 g/mol. The van der Waals surface area contributed by atoms with E-state index in [9.17, 15) is 0 Å². The summed E-state index contributed by atoms with van der Waals surface area (Å²) in [6.45, 7) is 0.